The van der Waals surface area contributed by atoms with E-state index in [0.29, 0.717) is 11.1 Å². The molecule has 202 valence electrons. The minimum atomic E-state index is -1.27. The van der Waals surface area contributed by atoms with Crippen LogP contribution in [0.15, 0.2) is 52.9 Å². The number of rotatable bonds is 9. The van der Waals surface area contributed by atoms with Crippen molar-refractivity contribution in [3.63, 3.8) is 0 Å². The molecule has 2 heterocycles. The van der Waals surface area contributed by atoms with Gasteiger partial charge in [0.25, 0.3) is 5.91 Å². The van der Waals surface area contributed by atoms with E-state index in [2.05, 4.69) is 36.1 Å². The lowest BCUT2D eigenvalue weighted by Crippen LogP contribution is -2.43. The maximum Gasteiger partial charge on any atom is 0.309 e. The molecule has 2 aromatic heterocycles. The predicted octanol–water partition coefficient (Wildman–Crippen LogP) is 3.36. The van der Waals surface area contributed by atoms with Crippen molar-refractivity contribution in [2.45, 2.75) is 39.4 Å². The first-order valence-corrected chi connectivity index (χ1v) is 11.8. The lowest BCUT2D eigenvalue weighted by molar-refractivity contribution is 0.0871. The van der Waals surface area contributed by atoms with Crippen LogP contribution < -0.4 is 16.0 Å². The number of aromatic nitrogens is 4. The van der Waals surface area contributed by atoms with Crippen molar-refractivity contribution in [3.05, 3.63) is 94.6 Å². The summed E-state index contributed by atoms with van der Waals surface area (Å²) in [6.07, 6.45) is 0. The first-order chi connectivity index (χ1) is 18.5. The second-order valence-electron chi connectivity index (χ2n) is 9.09. The van der Waals surface area contributed by atoms with Gasteiger partial charge < -0.3 is 25.5 Å². The standard InChI is InChI=1S/C26H25F2N7O4/c1-14-34-35-24(39-14)23(38)33-26(2,3)25-31-19(22(37)30-13-16-6-10-18(28)11-7-16)20(36)21(32-25)29-12-15-4-8-17(27)9-5-15/h4-11,36H,12-13H2,1-3H3,(H,30,37)(H,33,38)(H,29,31,32). The zero-order valence-electron chi connectivity index (χ0n) is 21.2. The van der Waals surface area contributed by atoms with Gasteiger partial charge in [0.15, 0.2) is 23.1 Å². The molecule has 4 aromatic rings. The summed E-state index contributed by atoms with van der Waals surface area (Å²) < 4.78 is 31.7. The normalized spacial score (nSPS) is 11.2. The van der Waals surface area contributed by atoms with Gasteiger partial charge in [-0.1, -0.05) is 24.3 Å². The predicted molar refractivity (Wildman–Crippen MR) is 135 cm³/mol. The van der Waals surface area contributed by atoms with E-state index in [0.717, 1.165) is 0 Å². The molecule has 39 heavy (non-hydrogen) atoms. The van der Waals surface area contributed by atoms with E-state index in [1.165, 1.54) is 43.3 Å². The van der Waals surface area contributed by atoms with Crippen molar-refractivity contribution < 1.29 is 27.9 Å². The number of carbonyl (C=O) groups is 2. The van der Waals surface area contributed by atoms with Gasteiger partial charge >= 0.3 is 11.8 Å². The second kappa shape index (κ2) is 11.2. The zero-order chi connectivity index (χ0) is 28.2. The highest BCUT2D eigenvalue weighted by atomic mass is 19.1. The number of aromatic hydroxyl groups is 1. The average Bonchev–Trinajstić information content (AvgIpc) is 3.34. The number of anilines is 1. The molecule has 11 nitrogen and oxygen atoms in total. The van der Waals surface area contributed by atoms with Gasteiger partial charge in [-0.15, -0.1) is 10.2 Å². The van der Waals surface area contributed by atoms with Gasteiger partial charge in [-0.05, 0) is 49.2 Å². The highest BCUT2D eigenvalue weighted by molar-refractivity contribution is 5.96. The minimum Gasteiger partial charge on any atom is -0.503 e. The number of amides is 2. The van der Waals surface area contributed by atoms with Crippen LogP contribution in [-0.2, 0) is 18.6 Å². The Bertz CT molecular complexity index is 1490. The Morgan fingerprint density at radius 1 is 0.897 bits per heavy atom. The molecule has 0 aliphatic heterocycles. The van der Waals surface area contributed by atoms with Crippen LogP contribution in [0.2, 0.25) is 0 Å². The van der Waals surface area contributed by atoms with E-state index in [4.69, 9.17) is 4.42 Å². The quantitative estimate of drug-likeness (QED) is 0.251. The topological polar surface area (TPSA) is 155 Å². The molecular weight excluding hydrogens is 512 g/mol. The number of aryl methyl sites for hydroxylation is 1. The Morgan fingerprint density at radius 2 is 1.49 bits per heavy atom. The van der Waals surface area contributed by atoms with Gasteiger partial charge in [0.1, 0.15) is 11.6 Å². The van der Waals surface area contributed by atoms with Crippen LogP contribution in [0.1, 0.15) is 57.9 Å². The number of nitrogens with one attached hydrogen (secondary N) is 3. The van der Waals surface area contributed by atoms with Gasteiger partial charge in [-0.2, -0.15) is 0 Å². The third-order valence-electron chi connectivity index (χ3n) is 5.54. The molecule has 0 fully saturated rings. The lowest BCUT2D eigenvalue weighted by atomic mass is 10.0. The lowest BCUT2D eigenvalue weighted by Gasteiger charge is -2.25. The third-order valence-corrected chi connectivity index (χ3v) is 5.54. The second-order valence-corrected chi connectivity index (χ2v) is 9.09. The Labute approximate surface area is 221 Å². The largest absolute Gasteiger partial charge is 0.503 e. The SMILES string of the molecule is Cc1nnc(C(=O)NC(C)(C)c2nc(NCc3ccc(F)cc3)c(O)c(C(=O)NCc3ccc(F)cc3)n2)o1. The molecule has 4 rings (SSSR count). The molecule has 2 amide bonds. The molecule has 4 N–H and O–H groups in total. The Balaban J connectivity index is 1.63. The maximum atomic E-state index is 13.3. The summed E-state index contributed by atoms with van der Waals surface area (Å²) in [7, 11) is 0. The van der Waals surface area contributed by atoms with Gasteiger partial charge in [0.05, 0.1) is 5.54 Å². The van der Waals surface area contributed by atoms with Crippen LogP contribution in [0.25, 0.3) is 0 Å². The van der Waals surface area contributed by atoms with Gasteiger partial charge in [-0.3, -0.25) is 9.59 Å². The molecule has 0 unspecified atom stereocenters. The Hall–Kier alpha value is -4.94. The fraction of sp³-hybridized carbons (Fsp3) is 0.231. The summed E-state index contributed by atoms with van der Waals surface area (Å²) in [4.78, 5) is 34.3. The molecule has 13 heteroatoms. The number of halogens is 2. The van der Waals surface area contributed by atoms with Crippen molar-refractivity contribution in [3.8, 4) is 5.75 Å². The van der Waals surface area contributed by atoms with Crippen LogP contribution in [0, 0.1) is 18.6 Å². The highest BCUT2D eigenvalue weighted by Gasteiger charge is 2.32. The molecule has 0 aliphatic carbocycles. The first kappa shape index (κ1) is 27.1. The number of hydrogen-bond donors (Lipinski definition) is 4. The number of hydrogen-bond acceptors (Lipinski definition) is 9. The Kier molecular flexibility index (Phi) is 7.79. The van der Waals surface area contributed by atoms with Crippen molar-refractivity contribution in [2.24, 2.45) is 0 Å². The molecule has 0 aliphatic rings. The van der Waals surface area contributed by atoms with E-state index in [1.54, 1.807) is 26.0 Å². The van der Waals surface area contributed by atoms with Gasteiger partial charge in [0, 0.05) is 20.0 Å². The smallest absolute Gasteiger partial charge is 0.309 e. The maximum absolute atomic E-state index is 13.3. The van der Waals surface area contributed by atoms with Crippen molar-refractivity contribution >= 4 is 17.6 Å². The fourth-order valence-electron chi connectivity index (χ4n) is 3.45. The van der Waals surface area contributed by atoms with Crippen LogP contribution >= 0.6 is 0 Å². The van der Waals surface area contributed by atoms with Crippen LogP contribution in [0.4, 0.5) is 14.6 Å². The number of benzene rings is 2. The van der Waals surface area contributed by atoms with E-state index in [-0.39, 0.29) is 42.2 Å². The summed E-state index contributed by atoms with van der Waals surface area (Å²) in [5.74, 6) is -2.96. The highest BCUT2D eigenvalue weighted by Crippen LogP contribution is 2.29. The van der Waals surface area contributed by atoms with Crippen molar-refractivity contribution in [2.75, 3.05) is 5.32 Å². The zero-order valence-corrected chi connectivity index (χ0v) is 21.2. The summed E-state index contributed by atoms with van der Waals surface area (Å²) in [6, 6.07) is 11.2. The summed E-state index contributed by atoms with van der Waals surface area (Å²) in [6.45, 7) is 4.88. The fourth-order valence-corrected chi connectivity index (χ4v) is 3.45. The molecule has 0 saturated heterocycles. The first-order valence-electron chi connectivity index (χ1n) is 11.8. The minimum absolute atomic E-state index is 0.0153. The third kappa shape index (κ3) is 6.69. The molecule has 0 bridgehead atoms. The molecule has 0 saturated carbocycles. The molecule has 2 aromatic carbocycles. The van der Waals surface area contributed by atoms with E-state index in [9.17, 15) is 23.5 Å². The molecule has 0 atom stereocenters. The van der Waals surface area contributed by atoms with E-state index >= 15 is 0 Å². The average molecular weight is 538 g/mol. The van der Waals surface area contributed by atoms with E-state index < -0.39 is 34.7 Å². The van der Waals surface area contributed by atoms with Crippen LogP contribution in [-0.4, -0.2) is 37.1 Å². The van der Waals surface area contributed by atoms with Gasteiger partial charge in [0.2, 0.25) is 5.89 Å². The summed E-state index contributed by atoms with van der Waals surface area (Å²) in [5, 5.41) is 26.4. The van der Waals surface area contributed by atoms with Crippen LogP contribution in [0.5, 0.6) is 5.75 Å². The van der Waals surface area contributed by atoms with Gasteiger partial charge in [-0.25, -0.2) is 18.7 Å². The van der Waals surface area contributed by atoms with E-state index in [1.807, 2.05) is 0 Å². The molecular formula is C26H25F2N7O4. The summed E-state index contributed by atoms with van der Waals surface area (Å²) in [5.41, 5.74) is -0.335. The number of carbonyl (C=O) groups excluding carboxylic acids is 2. The Morgan fingerprint density at radius 3 is 2.05 bits per heavy atom. The number of nitrogens with zero attached hydrogens (tertiary/aromatic N) is 4. The summed E-state index contributed by atoms with van der Waals surface area (Å²) >= 11 is 0. The van der Waals surface area contributed by atoms with Crippen molar-refractivity contribution in [1.82, 2.24) is 30.8 Å². The van der Waals surface area contributed by atoms with Crippen molar-refractivity contribution in [1.29, 1.82) is 0 Å². The monoisotopic (exact) mass is 537 g/mol. The molecule has 0 spiro atoms. The molecule has 0 radical (unpaired) electrons. The van der Waals surface area contributed by atoms with Crippen LogP contribution in [0.3, 0.4) is 0 Å².